The molecule has 0 spiro atoms. The summed E-state index contributed by atoms with van der Waals surface area (Å²) >= 11 is 0. The third-order valence-electron chi connectivity index (χ3n) is 3.72. The van der Waals surface area contributed by atoms with E-state index in [4.69, 9.17) is 5.73 Å². The Hall–Kier alpha value is -0.610. The van der Waals surface area contributed by atoms with Crippen molar-refractivity contribution in [3.8, 4) is 0 Å². The van der Waals surface area contributed by atoms with Crippen LogP contribution in [0.3, 0.4) is 0 Å². The molecular weight excluding hydrogens is 216 g/mol. The zero-order chi connectivity index (χ0) is 12.9. The van der Waals surface area contributed by atoms with Crippen molar-refractivity contribution in [3.63, 3.8) is 0 Å². The Labute approximate surface area is 104 Å². The number of nitrogens with one attached hydrogen (secondary N) is 1. The van der Waals surface area contributed by atoms with Crippen molar-refractivity contribution in [2.24, 2.45) is 11.7 Å². The molecule has 1 fully saturated rings. The molecule has 1 aliphatic rings. The molecule has 0 aromatic carbocycles. The zero-order valence-corrected chi connectivity index (χ0v) is 11.0. The van der Waals surface area contributed by atoms with E-state index in [2.05, 4.69) is 12.2 Å². The van der Waals surface area contributed by atoms with Gasteiger partial charge in [-0.2, -0.15) is 0 Å². The number of aliphatic hydroxyl groups is 1. The van der Waals surface area contributed by atoms with Crippen LogP contribution in [0.25, 0.3) is 0 Å². The molecule has 2 unspecified atom stereocenters. The molecule has 0 saturated heterocycles. The Balaban J connectivity index is 2.58. The van der Waals surface area contributed by atoms with Gasteiger partial charge in [-0.15, -0.1) is 0 Å². The lowest BCUT2D eigenvalue weighted by molar-refractivity contribution is -0.125. The number of nitrogens with two attached hydrogens (primary N) is 1. The van der Waals surface area contributed by atoms with E-state index in [1.807, 2.05) is 6.92 Å². The summed E-state index contributed by atoms with van der Waals surface area (Å²) in [4.78, 5) is 11.9. The van der Waals surface area contributed by atoms with Gasteiger partial charge in [0.25, 0.3) is 0 Å². The summed E-state index contributed by atoms with van der Waals surface area (Å²) in [7, 11) is 0. The Morgan fingerprint density at radius 3 is 2.88 bits per heavy atom. The largest absolute Gasteiger partial charge is 0.394 e. The van der Waals surface area contributed by atoms with Gasteiger partial charge in [0.2, 0.25) is 5.91 Å². The average Bonchev–Trinajstić information content (AvgIpc) is 2.29. The first-order chi connectivity index (χ1) is 8.03. The minimum Gasteiger partial charge on any atom is -0.394 e. The van der Waals surface area contributed by atoms with Crippen LogP contribution in [0.1, 0.15) is 52.4 Å². The minimum absolute atomic E-state index is 0.0158. The molecule has 0 aromatic rings. The quantitative estimate of drug-likeness (QED) is 0.677. The smallest absolute Gasteiger partial charge is 0.237 e. The molecule has 0 bridgehead atoms. The van der Waals surface area contributed by atoms with E-state index >= 15 is 0 Å². The van der Waals surface area contributed by atoms with E-state index < -0.39 is 11.6 Å². The fraction of sp³-hybridized carbons (Fsp3) is 0.923. The highest BCUT2D eigenvalue weighted by Gasteiger charge is 2.36. The Kier molecular flexibility index (Phi) is 5.40. The van der Waals surface area contributed by atoms with E-state index in [0.717, 1.165) is 25.7 Å². The molecule has 0 heterocycles. The van der Waals surface area contributed by atoms with Gasteiger partial charge in [0.15, 0.2) is 0 Å². The maximum Gasteiger partial charge on any atom is 0.237 e. The lowest BCUT2D eigenvalue weighted by Gasteiger charge is -2.40. The minimum atomic E-state index is -0.444. The number of amides is 1. The first-order valence-corrected chi connectivity index (χ1v) is 6.71. The van der Waals surface area contributed by atoms with Crippen LogP contribution in [0.15, 0.2) is 0 Å². The molecule has 1 rings (SSSR count). The number of hydrogen-bond donors (Lipinski definition) is 3. The van der Waals surface area contributed by atoms with Gasteiger partial charge >= 0.3 is 0 Å². The van der Waals surface area contributed by atoms with Gasteiger partial charge in [0.05, 0.1) is 18.2 Å². The molecule has 1 aliphatic carbocycles. The predicted molar refractivity (Wildman–Crippen MR) is 68.5 cm³/mol. The molecular formula is C13H26N2O2. The normalized spacial score (nSPS) is 30.9. The maximum atomic E-state index is 11.9. The highest BCUT2D eigenvalue weighted by Crippen LogP contribution is 2.32. The van der Waals surface area contributed by atoms with E-state index in [9.17, 15) is 9.90 Å². The number of hydrogen-bond acceptors (Lipinski definition) is 3. The van der Waals surface area contributed by atoms with Crippen LogP contribution < -0.4 is 11.1 Å². The second-order valence-electron chi connectivity index (χ2n) is 5.52. The molecule has 0 aromatic heterocycles. The molecule has 100 valence electrons. The summed E-state index contributed by atoms with van der Waals surface area (Å²) in [5.74, 6) is 0.439. The van der Waals surface area contributed by atoms with Gasteiger partial charge in [0, 0.05) is 0 Å². The second-order valence-corrected chi connectivity index (χ2v) is 5.52. The van der Waals surface area contributed by atoms with E-state index in [1.165, 1.54) is 6.42 Å². The number of carbonyl (C=O) groups excluding carboxylic acids is 1. The molecule has 17 heavy (non-hydrogen) atoms. The van der Waals surface area contributed by atoms with Crippen LogP contribution in [-0.2, 0) is 4.79 Å². The van der Waals surface area contributed by atoms with Crippen LogP contribution in [0.4, 0.5) is 0 Å². The summed E-state index contributed by atoms with van der Waals surface area (Å²) in [6.45, 7) is 4.20. The average molecular weight is 242 g/mol. The first-order valence-electron chi connectivity index (χ1n) is 6.71. The third kappa shape index (κ3) is 3.96. The fourth-order valence-electron chi connectivity index (χ4n) is 2.75. The van der Waals surface area contributed by atoms with Crippen LogP contribution in [0.2, 0.25) is 0 Å². The lowest BCUT2D eigenvalue weighted by Crippen LogP contribution is -2.57. The highest BCUT2D eigenvalue weighted by molar-refractivity contribution is 5.82. The first kappa shape index (κ1) is 14.5. The Morgan fingerprint density at radius 1 is 1.65 bits per heavy atom. The Bertz CT molecular complexity index is 258. The van der Waals surface area contributed by atoms with Crippen molar-refractivity contribution in [3.05, 3.63) is 0 Å². The van der Waals surface area contributed by atoms with Crippen molar-refractivity contribution in [2.75, 3.05) is 6.61 Å². The SMILES string of the molecule is CCC[C@H](N)C(=O)NC1(CO)CCCC(C)C1. The summed E-state index contributed by atoms with van der Waals surface area (Å²) in [6.07, 6.45) is 5.55. The van der Waals surface area contributed by atoms with Crippen molar-refractivity contribution in [2.45, 2.75) is 64.0 Å². The molecule has 3 atom stereocenters. The van der Waals surface area contributed by atoms with Gasteiger partial charge in [-0.3, -0.25) is 4.79 Å². The topological polar surface area (TPSA) is 75.4 Å². The van der Waals surface area contributed by atoms with Crippen LogP contribution in [0.5, 0.6) is 0 Å². The molecule has 1 amide bonds. The van der Waals surface area contributed by atoms with Crippen molar-refractivity contribution in [1.29, 1.82) is 0 Å². The molecule has 4 nitrogen and oxygen atoms in total. The van der Waals surface area contributed by atoms with Crippen LogP contribution >= 0.6 is 0 Å². The van der Waals surface area contributed by atoms with Crippen molar-refractivity contribution >= 4 is 5.91 Å². The van der Waals surface area contributed by atoms with Crippen LogP contribution in [0, 0.1) is 5.92 Å². The molecule has 1 saturated carbocycles. The summed E-state index contributed by atoms with van der Waals surface area (Å²) in [6, 6.07) is -0.444. The summed E-state index contributed by atoms with van der Waals surface area (Å²) < 4.78 is 0. The second kappa shape index (κ2) is 6.36. The molecule has 4 heteroatoms. The van der Waals surface area contributed by atoms with Gasteiger partial charge in [0.1, 0.15) is 0 Å². The Morgan fingerprint density at radius 2 is 2.35 bits per heavy atom. The number of aliphatic hydroxyl groups excluding tert-OH is 1. The number of carbonyl (C=O) groups is 1. The monoisotopic (exact) mass is 242 g/mol. The van der Waals surface area contributed by atoms with Crippen molar-refractivity contribution in [1.82, 2.24) is 5.32 Å². The predicted octanol–water partition coefficient (Wildman–Crippen LogP) is 1.17. The van der Waals surface area contributed by atoms with Gasteiger partial charge in [-0.05, 0) is 25.2 Å². The van der Waals surface area contributed by atoms with Gasteiger partial charge in [-0.1, -0.05) is 33.1 Å². The van der Waals surface area contributed by atoms with E-state index in [0.29, 0.717) is 12.3 Å². The highest BCUT2D eigenvalue weighted by atomic mass is 16.3. The van der Waals surface area contributed by atoms with Crippen molar-refractivity contribution < 1.29 is 9.90 Å². The standard InChI is InChI=1S/C13H26N2O2/c1-3-5-11(14)12(17)15-13(9-16)7-4-6-10(2)8-13/h10-11,16H,3-9,14H2,1-2H3,(H,15,17)/t10?,11-,13?/m0/s1. The molecule has 0 aliphatic heterocycles. The lowest BCUT2D eigenvalue weighted by atomic mass is 9.76. The van der Waals surface area contributed by atoms with E-state index in [-0.39, 0.29) is 12.5 Å². The maximum absolute atomic E-state index is 11.9. The van der Waals surface area contributed by atoms with Gasteiger partial charge < -0.3 is 16.2 Å². The zero-order valence-electron chi connectivity index (χ0n) is 11.0. The fourth-order valence-corrected chi connectivity index (χ4v) is 2.75. The summed E-state index contributed by atoms with van der Waals surface area (Å²) in [5, 5.41) is 12.5. The molecule has 4 N–H and O–H groups in total. The van der Waals surface area contributed by atoms with Gasteiger partial charge in [-0.25, -0.2) is 0 Å². The molecule has 0 radical (unpaired) electrons. The third-order valence-corrected chi connectivity index (χ3v) is 3.72. The van der Waals surface area contributed by atoms with E-state index in [1.54, 1.807) is 0 Å². The van der Waals surface area contributed by atoms with Crippen LogP contribution in [-0.4, -0.2) is 29.2 Å². The number of rotatable bonds is 5. The summed E-state index contributed by atoms with van der Waals surface area (Å²) in [5.41, 5.74) is 5.37.